The van der Waals surface area contributed by atoms with Crippen LogP contribution in [0.4, 0.5) is 0 Å². The van der Waals surface area contributed by atoms with Crippen LogP contribution in [0.15, 0.2) is 77.9 Å². The van der Waals surface area contributed by atoms with Crippen molar-refractivity contribution in [2.24, 2.45) is 10.8 Å². The molecule has 0 fully saturated rings. The van der Waals surface area contributed by atoms with Crippen molar-refractivity contribution in [2.75, 3.05) is 6.61 Å². The molecule has 0 spiro atoms. The molecule has 0 unspecified atom stereocenters. The fourth-order valence-corrected chi connectivity index (χ4v) is 3.70. The van der Waals surface area contributed by atoms with Gasteiger partial charge in [0.15, 0.2) is 12.7 Å². The Morgan fingerprint density at radius 3 is 2.47 bits per heavy atom. The maximum absolute atomic E-state index is 13.0. The molecule has 0 aliphatic heterocycles. The highest BCUT2D eigenvalue weighted by molar-refractivity contribution is 6.35. The van der Waals surface area contributed by atoms with Crippen LogP contribution >= 0.6 is 23.2 Å². The largest absolute Gasteiger partial charge is 0.484 e. The maximum Gasteiger partial charge on any atom is 0.262 e. The van der Waals surface area contributed by atoms with E-state index >= 15 is 0 Å². The summed E-state index contributed by atoms with van der Waals surface area (Å²) in [6, 6.07) is 19.7. The molecule has 11 heteroatoms. The van der Waals surface area contributed by atoms with E-state index in [2.05, 4.69) is 15.8 Å². The molecule has 0 aliphatic rings. The molecule has 0 saturated carbocycles. The highest BCUT2D eigenvalue weighted by atomic mass is 35.5. The second-order valence-electron chi connectivity index (χ2n) is 8.15. The van der Waals surface area contributed by atoms with E-state index in [1.807, 2.05) is 30.3 Å². The average molecular weight is 557 g/mol. The van der Waals surface area contributed by atoms with E-state index in [4.69, 9.17) is 38.4 Å². The van der Waals surface area contributed by atoms with Gasteiger partial charge >= 0.3 is 0 Å². The second-order valence-corrected chi connectivity index (χ2v) is 8.99. The second kappa shape index (κ2) is 14.0. The first kappa shape index (κ1) is 28.5. The normalized spacial score (nSPS) is 12.4. The number of carbonyl (C=O) groups is 3. The van der Waals surface area contributed by atoms with E-state index in [0.717, 1.165) is 5.56 Å². The number of halogens is 2. The van der Waals surface area contributed by atoms with Gasteiger partial charge < -0.3 is 20.5 Å². The van der Waals surface area contributed by atoms with Crippen molar-refractivity contribution in [3.8, 4) is 11.5 Å². The molecule has 3 amide bonds. The third-order valence-corrected chi connectivity index (χ3v) is 5.64. The summed E-state index contributed by atoms with van der Waals surface area (Å²) in [7, 11) is 0. The van der Waals surface area contributed by atoms with Crippen molar-refractivity contribution in [3.05, 3.63) is 94.0 Å². The van der Waals surface area contributed by atoms with E-state index in [9.17, 15) is 14.4 Å². The quantitative estimate of drug-likeness (QED) is 0.232. The van der Waals surface area contributed by atoms with Gasteiger partial charge in [-0.2, -0.15) is 5.10 Å². The molecule has 3 rings (SSSR count). The van der Waals surface area contributed by atoms with Crippen molar-refractivity contribution < 1.29 is 23.9 Å². The number of nitrogens with zero attached hydrogens (tertiary/aromatic N) is 1. The molecule has 0 heterocycles. The van der Waals surface area contributed by atoms with E-state index < -0.39 is 29.9 Å². The summed E-state index contributed by atoms with van der Waals surface area (Å²) in [5.41, 5.74) is 8.99. The van der Waals surface area contributed by atoms with Gasteiger partial charge in [-0.15, -0.1) is 0 Å². The van der Waals surface area contributed by atoms with Gasteiger partial charge in [0, 0.05) is 11.4 Å². The predicted molar refractivity (Wildman–Crippen MR) is 145 cm³/mol. The lowest BCUT2D eigenvalue weighted by Gasteiger charge is -2.21. The Balaban J connectivity index is 1.67. The number of ether oxygens (including phenoxy) is 2. The molecule has 198 valence electrons. The van der Waals surface area contributed by atoms with Crippen LogP contribution in [0.3, 0.4) is 0 Å². The van der Waals surface area contributed by atoms with Crippen LogP contribution in [-0.4, -0.2) is 42.7 Å². The number of hydrogen-bond donors (Lipinski definition) is 3. The Hall–Kier alpha value is -4.08. The molecule has 0 saturated heterocycles. The summed E-state index contributed by atoms with van der Waals surface area (Å²) in [6.45, 7) is 1.29. The summed E-state index contributed by atoms with van der Waals surface area (Å²) in [5.74, 6) is -0.942. The van der Waals surface area contributed by atoms with Crippen LogP contribution in [0.5, 0.6) is 11.5 Å². The Labute approximate surface area is 229 Å². The number of benzene rings is 3. The summed E-state index contributed by atoms with van der Waals surface area (Å²) >= 11 is 12.1. The lowest BCUT2D eigenvalue weighted by atomic mass is 10.1. The van der Waals surface area contributed by atoms with Crippen molar-refractivity contribution in [1.29, 1.82) is 0 Å². The fourth-order valence-electron chi connectivity index (χ4n) is 3.25. The molecule has 0 aliphatic carbocycles. The summed E-state index contributed by atoms with van der Waals surface area (Å²) in [5, 5.41) is 7.41. The highest BCUT2D eigenvalue weighted by Crippen LogP contribution is 2.28. The summed E-state index contributed by atoms with van der Waals surface area (Å²) in [4.78, 5) is 36.8. The molecule has 0 radical (unpaired) electrons. The van der Waals surface area contributed by atoms with Crippen LogP contribution < -0.4 is 25.9 Å². The number of hydrogen-bond acceptors (Lipinski definition) is 6. The Morgan fingerprint density at radius 2 is 1.76 bits per heavy atom. The number of hydrazone groups is 1. The Morgan fingerprint density at radius 1 is 1.00 bits per heavy atom. The topological polar surface area (TPSA) is 132 Å². The maximum atomic E-state index is 13.0. The lowest BCUT2D eigenvalue weighted by molar-refractivity contribution is -0.132. The molecule has 0 bridgehead atoms. The molecular weight excluding hydrogens is 531 g/mol. The van der Waals surface area contributed by atoms with Crippen molar-refractivity contribution in [2.45, 2.75) is 25.5 Å². The zero-order valence-electron chi connectivity index (χ0n) is 20.4. The van der Waals surface area contributed by atoms with Crippen LogP contribution in [0.25, 0.3) is 0 Å². The zero-order chi connectivity index (χ0) is 27.5. The number of amides is 3. The minimum Gasteiger partial charge on any atom is -0.484 e. The van der Waals surface area contributed by atoms with Crippen molar-refractivity contribution in [3.63, 3.8) is 0 Å². The predicted octanol–water partition coefficient (Wildman–Crippen LogP) is 3.50. The summed E-state index contributed by atoms with van der Waals surface area (Å²) < 4.78 is 10.9. The molecule has 0 aromatic heterocycles. The molecule has 3 aromatic carbocycles. The summed E-state index contributed by atoms with van der Waals surface area (Å²) in [6.07, 6.45) is 0.676. The van der Waals surface area contributed by atoms with Crippen LogP contribution in [0.1, 0.15) is 18.1 Å². The third-order valence-electron chi connectivity index (χ3n) is 5.11. The van der Waals surface area contributed by atoms with Gasteiger partial charge in [0.2, 0.25) is 0 Å². The van der Waals surface area contributed by atoms with Gasteiger partial charge in [0.25, 0.3) is 17.7 Å². The van der Waals surface area contributed by atoms with Gasteiger partial charge in [0.1, 0.15) is 17.5 Å². The first-order valence-electron chi connectivity index (χ1n) is 11.5. The molecule has 3 aromatic rings. The van der Waals surface area contributed by atoms with Gasteiger partial charge in [-0.1, -0.05) is 65.7 Å². The number of nitrogens with one attached hydrogen (secondary N) is 2. The van der Waals surface area contributed by atoms with Gasteiger partial charge in [-0.25, -0.2) is 5.43 Å². The average Bonchev–Trinajstić information content (AvgIpc) is 2.89. The first-order valence-corrected chi connectivity index (χ1v) is 12.3. The minimum atomic E-state index is -0.952. The van der Waals surface area contributed by atoms with E-state index in [-0.39, 0.29) is 23.8 Å². The molecule has 4 N–H and O–H groups in total. The Kier molecular flexibility index (Phi) is 10.5. The SMILES string of the molecule is C[C@H](Oc1ccc(Cl)cc1Cl)C(=O)N[C@@H](Cc1ccccc1)C(=O)N/N=C\c1cccc(OCC(N)=O)c1. The zero-order valence-corrected chi connectivity index (χ0v) is 21.9. The van der Waals surface area contributed by atoms with Gasteiger partial charge in [-0.05, 0) is 48.4 Å². The van der Waals surface area contributed by atoms with Crippen LogP contribution in [0, 0.1) is 0 Å². The standard InChI is InChI=1S/C27H26Cl2N4O5/c1-17(38-24-11-10-20(28)14-22(24)29)26(35)32-23(13-18-6-3-2-4-7-18)27(36)33-31-15-19-8-5-9-21(12-19)37-16-25(30)34/h2-12,14-15,17,23H,13,16H2,1H3,(H2,30,34)(H,32,35)(H,33,36)/b31-15-/t17-,23-/m0/s1. The van der Waals surface area contributed by atoms with E-state index in [1.54, 1.807) is 43.3 Å². The van der Waals surface area contributed by atoms with Crippen molar-refractivity contribution in [1.82, 2.24) is 10.7 Å². The third kappa shape index (κ3) is 9.10. The Bertz CT molecular complexity index is 1300. The van der Waals surface area contributed by atoms with Crippen LogP contribution in [0.2, 0.25) is 10.0 Å². The monoisotopic (exact) mass is 556 g/mol. The van der Waals surface area contributed by atoms with Crippen molar-refractivity contribution >= 4 is 47.1 Å². The molecule has 9 nitrogen and oxygen atoms in total. The van der Waals surface area contributed by atoms with E-state index in [1.165, 1.54) is 12.3 Å². The number of rotatable bonds is 12. The number of primary amides is 1. The van der Waals surface area contributed by atoms with Crippen LogP contribution in [-0.2, 0) is 20.8 Å². The lowest BCUT2D eigenvalue weighted by Crippen LogP contribution is -2.50. The fraction of sp³-hybridized carbons (Fsp3) is 0.185. The number of carbonyl (C=O) groups excluding carboxylic acids is 3. The molecule has 38 heavy (non-hydrogen) atoms. The first-order chi connectivity index (χ1) is 18.2. The smallest absolute Gasteiger partial charge is 0.262 e. The van der Waals surface area contributed by atoms with E-state index in [0.29, 0.717) is 16.3 Å². The molecule has 2 atom stereocenters. The minimum absolute atomic E-state index is 0.221. The molecular formula is C27H26Cl2N4O5. The van der Waals surface area contributed by atoms with Gasteiger partial charge in [-0.3, -0.25) is 14.4 Å². The van der Waals surface area contributed by atoms with Gasteiger partial charge in [0.05, 0.1) is 11.2 Å². The number of nitrogens with two attached hydrogens (primary N) is 1. The highest BCUT2D eigenvalue weighted by Gasteiger charge is 2.25.